The van der Waals surface area contributed by atoms with Crippen molar-refractivity contribution < 1.29 is 4.39 Å². The molecule has 150 valence electrons. The Bertz CT molecular complexity index is 791. The van der Waals surface area contributed by atoms with Crippen molar-refractivity contribution in [1.82, 2.24) is 20.4 Å². The fourth-order valence-electron chi connectivity index (χ4n) is 2.83. The number of nitrogens with one attached hydrogen (secondary N) is 2. The van der Waals surface area contributed by atoms with Gasteiger partial charge in [-0.15, -0.1) is 24.0 Å². The van der Waals surface area contributed by atoms with Gasteiger partial charge in [0.25, 0.3) is 0 Å². The Hall–Kier alpha value is -1.35. The van der Waals surface area contributed by atoms with Crippen LogP contribution in [-0.2, 0) is 20.0 Å². The number of halogens is 3. The minimum Gasteiger partial charge on any atom is -0.357 e. The zero-order valence-corrected chi connectivity index (χ0v) is 19.5. The molecule has 8 heteroatoms. The molecule has 2 aromatic rings. The molecule has 1 atom stereocenters. The predicted octanol–water partition coefficient (Wildman–Crippen LogP) is 4.13. The Morgan fingerprint density at radius 2 is 2.07 bits per heavy atom. The Morgan fingerprint density at radius 1 is 1.37 bits per heavy atom. The maximum atomic E-state index is 13.3. The molecule has 0 fully saturated rings. The van der Waals surface area contributed by atoms with Crippen LogP contribution in [0.2, 0.25) is 5.02 Å². The van der Waals surface area contributed by atoms with E-state index in [2.05, 4.69) is 34.6 Å². The van der Waals surface area contributed by atoms with Crippen molar-refractivity contribution in [3.05, 3.63) is 51.6 Å². The average molecular weight is 508 g/mol. The third-order valence-corrected chi connectivity index (χ3v) is 4.59. The number of aryl methyl sites for hydroxylation is 2. The Balaban J connectivity index is 0.00000364. The molecule has 0 aliphatic heterocycles. The first-order chi connectivity index (χ1) is 12.3. The number of guanidine groups is 1. The van der Waals surface area contributed by atoms with Gasteiger partial charge in [0.2, 0.25) is 0 Å². The molecule has 27 heavy (non-hydrogen) atoms. The third kappa shape index (κ3) is 6.64. The molecule has 0 saturated heterocycles. The molecule has 0 aliphatic carbocycles. The predicted molar refractivity (Wildman–Crippen MR) is 121 cm³/mol. The van der Waals surface area contributed by atoms with Crippen LogP contribution in [0.3, 0.4) is 0 Å². The van der Waals surface area contributed by atoms with Crippen LogP contribution in [0.4, 0.5) is 4.39 Å². The van der Waals surface area contributed by atoms with Crippen molar-refractivity contribution in [3.63, 3.8) is 0 Å². The number of hydrogen-bond acceptors (Lipinski definition) is 2. The van der Waals surface area contributed by atoms with Crippen molar-refractivity contribution in [2.24, 2.45) is 12.0 Å². The fourth-order valence-corrected chi connectivity index (χ4v) is 3.03. The van der Waals surface area contributed by atoms with Gasteiger partial charge in [-0.3, -0.25) is 4.68 Å². The van der Waals surface area contributed by atoms with E-state index in [0.717, 1.165) is 30.2 Å². The van der Waals surface area contributed by atoms with Crippen molar-refractivity contribution in [2.75, 3.05) is 6.54 Å². The van der Waals surface area contributed by atoms with Gasteiger partial charge in [0, 0.05) is 25.3 Å². The van der Waals surface area contributed by atoms with E-state index >= 15 is 0 Å². The van der Waals surface area contributed by atoms with Gasteiger partial charge in [-0.05, 0) is 57.4 Å². The summed E-state index contributed by atoms with van der Waals surface area (Å²) >= 11 is 5.83. The second-order valence-corrected chi connectivity index (χ2v) is 6.87. The molecular weight excluding hydrogens is 480 g/mol. The molecule has 5 nitrogen and oxygen atoms in total. The lowest BCUT2D eigenvalue weighted by molar-refractivity contribution is 0.627. The van der Waals surface area contributed by atoms with Gasteiger partial charge in [0.05, 0.1) is 17.3 Å². The lowest BCUT2D eigenvalue weighted by Crippen LogP contribution is -2.43. The van der Waals surface area contributed by atoms with Crippen molar-refractivity contribution in [1.29, 1.82) is 0 Å². The summed E-state index contributed by atoms with van der Waals surface area (Å²) in [5.74, 6) is 0.305. The highest BCUT2D eigenvalue weighted by Gasteiger charge is 2.14. The Labute approximate surface area is 182 Å². The largest absolute Gasteiger partial charge is 0.357 e. The minimum absolute atomic E-state index is 0. The summed E-state index contributed by atoms with van der Waals surface area (Å²) in [4.78, 5) is 4.58. The highest BCUT2D eigenvalue weighted by Crippen LogP contribution is 2.17. The van der Waals surface area contributed by atoms with E-state index in [1.165, 1.54) is 17.3 Å². The quantitative estimate of drug-likeness (QED) is 0.351. The van der Waals surface area contributed by atoms with Crippen LogP contribution in [-0.4, -0.2) is 28.3 Å². The minimum atomic E-state index is -0.416. The standard InChI is InChI=1S/C19H27ClFN5.HI/c1-6-22-19(23-11-15-7-8-18(21)17(20)10-15)24-12(2)9-16-13(3)25-26(5)14(16)4;/h7-8,10,12H,6,9,11H2,1-5H3,(H2,22,23,24);1H. The molecule has 2 N–H and O–H groups in total. The molecule has 1 aromatic carbocycles. The molecular formula is C19H28ClFIN5. The van der Waals surface area contributed by atoms with E-state index in [0.29, 0.717) is 6.54 Å². The second kappa shape index (κ2) is 10.8. The van der Waals surface area contributed by atoms with Gasteiger partial charge in [-0.25, -0.2) is 9.38 Å². The van der Waals surface area contributed by atoms with Crippen LogP contribution in [0.25, 0.3) is 0 Å². The highest BCUT2D eigenvalue weighted by atomic mass is 127. The van der Waals surface area contributed by atoms with E-state index in [-0.39, 0.29) is 35.0 Å². The van der Waals surface area contributed by atoms with Crippen LogP contribution in [0, 0.1) is 19.7 Å². The van der Waals surface area contributed by atoms with E-state index in [9.17, 15) is 4.39 Å². The van der Waals surface area contributed by atoms with E-state index < -0.39 is 5.82 Å². The highest BCUT2D eigenvalue weighted by molar-refractivity contribution is 14.0. The first-order valence-electron chi connectivity index (χ1n) is 8.79. The summed E-state index contributed by atoms with van der Waals surface area (Å²) in [6, 6.07) is 4.85. The van der Waals surface area contributed by atoms with E-state index in [1.54, 1.807) is 12.1 Å². The van der Waals surface area contributed by atoms with Crippen molar-refractivity contribution >= 4 is 41.5 Å². The molecule has 0 saturated carbocycles. The van der Waals surface area contributed by atoms with Gasteiger partial charge in [-0.1, -0.05) is 17.7 Å². The Kier molecular flexibility index (Phi) is 9.52. The van der Waals surface area contributed by atoms with Crippen LogP contribution < -0.4 is 10.6 Å². The fraction of sp³-hybridized carbons (Fsp3) is 0.474. The molecule has 1 aromatic heterocycles. The summed E-state index contributed by atoms with van der Waals surface area (Å²) in [6.07, 6.45) is 0.859. The normalized spacial score (nSPS) is 12.5. The van der Waals surface area contributed by atoms with Gasteiger partial charge >= 0.3 is 0 Å². The number of aromatic nitrogens is 2. The maximum Gasteiger partial charge on any atom is 0.191 e. The molecule has 0 amide bonds. The number of rotatable bonds is 6. The molecule has 2 rings (SSSR count). The van der Waals surface area contributed by atoms with Crippen LogP contribution in [0.5, 0.6) is 0 Å². The van der Waals surface area contributed by atoms with Gasteiger partial charge in [0.15, 0.2) is 5.96 Å². The molecule has 1 unspecified atom stereocenters. The van der Waals surface area contributed by atoms with E-state index in [4.69, 9.17) is 11.6 Å². The first-order valence-corrected chi connectivity index (χ1v) is 9.17. The van der Waals surface area contributed by atoms with Crippen molar-refractivity contribution in [3.8, 4) is 0 Å². The van der Waals surface area contributed by atoms with E-state index in [1.807, 2.05) is 25.6 Å². The number of nitrogens with zero attached hydrogens (tertiary/aromatic N) is 3. The van der Waals surface area contributed by atoms with Crippen LogP contribution >= 0.6 is 35.6 Å². The maximum absolute atomic E-state index is 13.3. The number of hydrogen-bond donors (Lipinski definition) is 2. The van der Waals surface area contributed by atoms with Gasteiger partial charge in [0.1, 0.15) is 5.82 Å². The molecule has 1 heterocycles. The van der Waals surface area contributed by atoms with Gasteiger partial charge in [-0.2, -0.15) is 5.10 Å². The SMILES string of the molecule is CCNC(=NCc1ccc(F)c(Cl)c1)NC(C)Cc1c(C)nn(C)c1C.I. The number of benzene rings is 1. The topological polar surface area (TPSA) is 54.2 Å². The summed E-state index contributed by atoms with van der Waals surface area (Å²) < 4.78 is 15.2. The first kappa shape index (κ1) is 23.7. The smallest absolute Gasteiger partial charge is 0.191 e. The Morgan fingerprint density at radius 3 is 2.63 bits per heavy atom. The molecule has 0 spiro atoms. The third-order valence-electron chi connectivity index (χ3n) is 4.30. The lowest BCUT2D eigenvalue weighted by atomic mass is 10.1. The molecule has 0 aliphatic rings. The van der Waals surface area contributed by atoms with Crippen LogP contribution in [0.1, 0.15) is 36.4 Å². The zero-order valence-electron chi connectivity index (χ0n) is 16.4. The summed E-state index contributed by atoms with van der Waals surface area (Å²) in [7, 11) is 1.96. The summed E-state index contributed by atoms with van der Waals surface area (Å²) in [6.45, 7) is 9.44. The molecule has 0 bridgehead atoms. The van der Waals surface area contributed by atoms with Crippen LogP contribution in [0.15, 0.2) is 23.2 Å². The monoisotopic (exact) mass is 507 g/mol. The van der Waals surface area contributed by atoms with Gasteiger partial charge < -0.3 is 10.6 Å². The summed E-state index contributed by atoms with van der Waals surface area (Å²) in [5.41, 5.74) is 4.36. The summed E-state index contributed by atoms with van der Waals surface area (Å²) in [5, 5.41) is 11.2. The van der Waals surface area contributed by atoms with Crippen molar-refractivity contribution in [2.45, 2.75) is 46.7 Å². The number of aliphatic imine (C=N–C) groups is 1. The lowest BCUT2D eigenvalue weighted by Gasteiger charge is -2.18. The second-order valence-electron chi connectivity index (χ2n) is 6.47. The molecule has 0 radical (unpaired) electrons. The zero-order chi connectivity index (χ0) is 19.3. The average Bonchev–Trinajstić information content (AvgIpc) is 2.82.